The van der Waals surface area contributed by atoms with Gasteiger partial charge in [-0.1, -0.05) is 0 Å². The molecule has 0 saturated carbocycles. The van der Waals surface area contributed by atoms with E-state index in [-0.39, 0.29) is 11.6 Å². The molecular formula is C11H14F2N6. The smallest absolute Gasteiger partial charge is 0.178 e. The molecule has 0 atom stereocenters. The van der Waals surface area contributed by atoms with Crippen molar-refractivity contribution in [3.8, 4) is 0 Å². The minimum Gasteiger partial charge on any atom is -0.366 e. The van der Waals surface area contributed by atoms with Gasteiger partial charge in [-0.15, -0.1) is 0 Å². The third-order valence-electron chi connectivity index (χ3n) is 2.46. The predicted octanol–water partition coefficient (Wildman–Crippen LogP) is 1.26. The lowest BCUT2D eigenvalue weighted by Crippen LogP contribution is -2.16. The first kappa shape index (κ1) is 13.2. The molecule has 0 aliphatic heterocycles. The van der Waals surface area contributed by atoms with Gasteiger partial charge in [0.05, 0.1) is 12.7 Å². The summed E-state index contributed by atoms with van der Waals surface area (Å²) in [5, 5.41) is 6.85. The van der Waals surface area contributed by atoms with Gasteiger partial charge in [-0.3, -0.25) is 4.68 Å². The second kappa shape index (κ2) is 5.61. The Balaban J connectivity index is 1.99. The van der Waals surface area contributed by atoms with Gasteiger partial charge in [0.1, 0.15) is 0 Å². The number of anilines is 2. The molecule has 2 rings (SSSR count). The number of pyridine rings is 1. The first-order chi connectivity index (χ1) is 9.10. The molecule has 0 amide bonds. The molecule has 102 valence electrons. The van der Waals surface area contributed by atoms with Crippen LogP contribution < -0.4 is 16.6 Å². The van der Waals surface area contributed by atoms with Crippen molar-refractivity contribution in [3.63, 3.8) is 0 Å². The Kier molecular flexibility index (Phi) is 3.91. The summed E-state index contributed by atoms with van der Waals surface area (Å²) in [4.78, 5) is 3.70. The number of aryl methyl sites for hydroxylation is 1. The normalized spacial score (nSPS) is 10.5. The van der Waals surface area contributed by atoms with Gasteiger partial charge in [-0.05, 0) is 12.5 Å². The minimum absolute atomic E-state index is 0.0572. The van der Waals surface area contributed by atoms with Crippen molar-refractivity contribution in [2.45, 2.75) is 13.5 Å². The van der Waals surface area contributed by atoms with E-state index in [1.807, 2.05) is 13.1 Å². The van der Waals surface area contributed by atoms with Gasteiger partial charge < -0.3 is 10.7 Å². The number of nitrogens with two attached hydrogens (primary N) is 1. The number of hydrogen-bond donors (Lipinski definition) is 3. The standard InChI is InChI=1S/C11H14F2N6/c1-7-5-16-19(6-7)3-2-15-10-8(12)4-9(13)11(17-10)18-14/h4-6H,2-3,14H2,1H3,(H2,15,17,18). The van der Waals surface area contributed by atoms with E-state index in [1.165, 1.54) is 0 Å². The number of hydrogen-bond acceptors (Lipinski definition) is 5. The molecule has 0 saturated heterocycles. The summed E-state index contributed by atoms with van der Waals surface area (Å²) < 4.78 is 28.3. The zero-order valence-electron chi connectivity index (χ0n) is 10.3. The summed E-state index contributed by atoms with van der Waals surface area (Å²) >= 11 is 0. The maximum atomic E-state index is 13.4. The number of hydrazine groups is 1. The molecule has 0 radical (unpaired) electrons. The number of halogens is 2. The Bertz CT molecular complexity index is 568. The zero-order chi connectivity index (χ0) is 13.8. The van der Waals surface area contributed by atoms with Crippen LogP contribution in [0.5, 0.6) is 0 Å². The molecule has 0 spiro atoms. The summed E-state index contributed by atoms with van der Waals surface area (Å²) in [6.07, 6.45) is 3.59. The van der Waals surface area contributed by atoms with Crippen molar-refractivity contribution in [3.05, 3.63) is 35.7 Å². The van der Waals surface area contributed by atoms with Crippen molar-refractivity contribution in [2.75, 3.05) is 17.3 Å². The van der Waals surface area contributed by atoms with Gasteiger partial charge in [-0.2, -0.15) is 5.10 Å². The Morgan fingerprint density at radius 3 is 2.68 bits per heavy atom. The van der Waals surface area contributed by atoms with E-state index in [9.17, 15) is 8.78 Å². The topological polar surface area (TPSA) is 80.8 Å². The fourth-order valence-electron chi connectivity index (χ4n) is 1.57. The fraction of sp³-hybridized carbons (Fsp3) is 0.273. The first-order valence-electron chi connectivity index (χ1n) is 5.65. The summed E-state index contributed by atoms with van der Waals surface area (Å²) in [5.41, 5.74) is 3.11. The fourth-order valence-corrected chi connectivity index (χ4v) is 1.57. The van der Waals surface area contributed by atoms with Gasteiger partial charge >= 0.3 is 0 Å². The van der Waals surface area contributed by atoms with Crippen molar-refractivity contribution in [1.82, 2.24) is 14.8 Å². The van der Waals surface area contributed by atoms with Gasteiger partial charge in [0.15, 0.2) is 23.3 Å². The third-order valence-corrected chi connectivity index (χ3v) is 2.46. The Morgan fingerprint density at radius 1 is 1.32 bits per heavy atom. The maximum absolute atomic E-state index is 13.4. The lowest BCUT2D eigenvalue weighted by atomic mass is 10.4. The quantitative estimate of drug-likeness (QED) is 0.562. The highest BCUT2D eigenvalue weighted by Crippen LogP contribution is 2.17. The molecule has 4 N–H and O–H groups in total. The molecule has 6 nitrogen and oxygen atoms in total. The molecule has 0 unspecified atom stereocenters. The van der Waals surface area contributed by atoms with Gasteiger partial charge in [0, 0.05) is 18.8 Å². The largest absolute Gasteiger partial charge is 0.366 e. The molecule has 2 aromatic heterocycles. The summed E-state index contributed by atoms with van der Waals surface area (Å²) in [5.74, 6) is 3.20. The number of nitrogens with one attached hydrogen (secondary N) is 2. The molecule has 0 aromatic carbocycles. The van der Waals surface area contributed by atoms with E-state index in [4.69, 9.17) is 5.84 Å². The van der Waals surface area contributed by atoms with Gasteiger partial charge in [0.2, 0.25) is 0 Å². The van der Waals surface area contributed by atoms with E-state index >= 15 is 0 Å². The maximum Gasteiger partial charge on any atom is 0.178 e. The number of aromatic nitrogens is 3. The Hall–Kier alpha value is -2.22. The number of nitrogens with zero attached hydrogens (tertiary/aromatic N) is 3. The van der Waals surface area contributed by atoms with Crippen LogP contribution >= 0.6 is 0 Å². The average molecular weight is 268 g/mol. The van der Waals surface area contributed by atoms with E-state index in [0.29, 0.717) is 13.1 Å². The molecular weight excluding hydrogens is 254 g/mol. The molecule has 0 fully saturated rings. The van der Waals surface area contributed by atoms with Crippen LogP contribution in [0.15, 0.2) is 18.5 Å². The van der Waals surface area contributed by atoms with Crippen molar-refractivity contribution >= 4 is 11.6 Å². The van der Waals surface area contributed by atoms with Crippen molar-refractivity contribution in [1.29, 1.82) is 0 Å². The van der Waals surface area contributed by atoms with Crippen LogP contribution in [0.2, 0.25) is 0 Å². The third kappa shape index (κ3) is 3.16. The predicted molar refractivity (Wildman–Crippen MR) is 67.4 cm³/mol. The van der Waals surface area contributed by atoms with Gasteiger partial charge in [0.25, 0.3) is 0 Å². The van der Waals surface area contributed by atoms with Gasteiger partial charge in [-0.25, -0.2) is 19.6 Å². The molecule has 8 heteroatoms. The molecule has 19 heavy (non-hydrogen) atoms. The second-order valence-corrected chi connectivity index (χ2v) is 4.00. The molecule has 0 aliphatic carbocycles. The highest BCUT2D eigenvalue weighted by atomic mass is 19.1. The number of rotatable bonds is 5. The second-order valence-electron chi connectivity index (χ2n) is 4.00. The highest BCUT2D eigenvalue weighted by Gasteiger charge is 2.10. The average Bonchev–Trinajstić information content (AvgIpc) is 2.78. The SMILES string of the molecule is Cc1cnn(CCNc2nc(NN)c(F)cc2F)c1. The van der Waals surface area contributed by atoms with Crippen LogP contribution in [0.3, 0.4) is 0 Å². The van der Waals surface area contributed by atoms with Crippen LogP contribution in [-0.2, 0) is 6.54 Å². The van der Waals surface area contributed by atoms with E-state index in [1.54, 1.807) is 10.9 Å². The lowest BCUT2D eigenvalue weighted by molar-refractivity contribution is 0.575. The summed E-state index contributed by atoms with van der Waals surface area (Å²) in [6.45, 7) is 2.87. The summed E-state index contributed by atoms with van der Waals surface area (Å²) in [6, 6.07) is 0.725. The van der Waals surface area contributed by atoms with Crippen LogP contribution in [0.25, 0.3) is 0 Å². The molecule has 2 heterocycles. The Morgan fingerprint density at radius 2 is 2.05 bits per heavy atom. The highest BCUT2D eigenvalue weighted by molar-refractivity contribution is 5.46. The van der Waals surface area contributed by atoms with Crippen LogP contribution in [0.4, 0.5) is 20.4 Å². The minimum atomic E-state index is -0.840. The van der Waals surface area contributed by atoms with Crippen LogP contribution in [0, 0.1) is 18.6 Å². The van der Waals surface area contributed by atoms with E-state index in [2.05, 4.69) is 20.8 Å². The Labute approximate surface area is 108 Å². The molecule has 0 aliphatic rings. The van der Waals surface area contributed by atoms with Crippen molar-refractivity contribution in [2.24, 2.45) is 5.84 Å². The van der Waals surface area contributed by atoms with Crippen LogP contribution in [0.1, 0.15) is 5.56 Å². The van der Waals surface area contributed by atoms with E-state index < -0.39 is 11.6 Å². The van der Waals surface area contributed by atoms with Crippen molar-refractivity contribution < 1.29 is 8.78 Å². The number of nitrogen functional groups attached to an aromatic ring is 1. The monoisotopic (exact) mass is 268 g/mol. The first-order valence-corrected chi connectivity index (χ1v) is 5.65. The summed E-state index contributed by atoms with van der Waals surface area (Å²) in [7, 11) is 0. The lowest BCUT2D eigenvalue weighted by Gasteiger charge is -2.09. The van der Waals surface area contributed by atoms with Crippen LogP contribution in [-0.4, -0.2) is 21.3 Å². The zero-order valence-corrected chi connectivity index (χ0v) is 10.3. The molecule has 2 aromatic rings. The van der Waals surface area contributed by atoms with E-state index in [0.717, 1.165) is 11.6 Å². The molecule has 0 bridgehead atoms.